The van der Waals surface area contributed by atoms with E-state index in [9.17, 15) is 29.0 Å². The summed E-state index contributed by atoms with van der Waals surface area (Å²) in [6.07, 6.45) is 0.0170. The highest BCUT2D eigenvalue weighted by Gasteiger charge is 2.36. The summed E-state index contributed by atoms with van der Waals surface area (Å²) in [4.78, 5) is 33.9. The molecule has 0 spiro atoms. The maximum Gasteiger partial charge on any atom is 0.394 e. The Kier molecular flexibility index (Phi) is 7.06. The van der Waals surface area contributed by atoms with Crippen molar-refractivity contribution >= 4 is 17.8 Å². The van der Waals surface area contributed by atoms with Gasteiger partial charge in [-0.1, -0.05) is 36.4 Å². The second-order valence-corrected chi connectivity index (χ2v) is 7.11. The minimum absolute atomic E-state index is 0.155. The molecule has 8 heteroatoms. The maximum atomic E-state index is 13.1. The van der Waals surface area contributed by atoms with Gasteiger partial charge in [-0.05, 0) is 48.6 Å². The molecule has 0 bridgehead atoms. The summed E-state index contributed by atoms with van der Waals surface area (Å²) in [6.45, 7) is 0.665. The quantitative estimate of drug-likeness (QED) is 0.501. The number of hydrogen-bond donors (Lipinski definition) is 4. The van der Waals surface area contributed by atoms with Gasteiger partial charge in [0.2, 0.25) is 0 Å². The number of benzene rings is 2. The third-order valence-electron chi connectivity index (χ3n) is 4.71. The van der Waals surface area contributed by atoms with Gasteiger partial charge in [-0.2, -0.15) is 0 Å². The van der Waals surface area contributed by atoms with Crippen LogP contribution in [0, 0.1) is 11.2 Å². The number of rotatable bonds is 8. The highest BCUT2D eigenvalue weighted by Crippen LogP contribution is 2.26. The van der Waals surface area contributed by atoms with Gasteiger partial charge < -0.3 is 20.6 Å². The van der Waals surface area contributed by atoms with Gasteiger partial charge in [-0.15, -0.1) is 0 Å². The minimum atomic E-state index is -1.68. The van der Waals surface area contributed by atoms with E-state index in [1.54, 1.807) is 36.4 Å². The number of nitrogens with one attached hydrogen (secondary N) is 1. The van der Waals surface area contributed by atoms with Gasteiger partial charge in [0.15, 0.2) is 0 Å². The monoisotopic (exact) mass is 403 g/mol. The Morgan fingerprint density at radius 3 is 1.97 bits per heavy atom. The van der Waals surface area contributed by atoms with E-state index < -0.39 is 35.9 Å². The second-order valence-electron chi connectivity index (χ2n) is 7.11. The van der Waals surface area contributed by atoms with Gasteiger partial charge in [0.25, 0.3) is 0 Å². The van der Waals surface area contributed by atoms with E-state index >= 15 is 0 Å². The highest BCUT2D eigenvalue weighted by atomic mass is 19.1. The lowest BCUT2D eigenvalue weighted by molar-refractivity contribution is -0.152. The molecule has 29 heavy (non-hydrogen) atoms. The normalized spacial score (nSPS) is 13.9. The van der Waals surface area contributed by atoms with Crippen molar-refractivity contribution in [2.24, 2.45) is 5.41 Å². The third-order valence-corrected chi connectivity index (χ3v) is 4.71. The topological polar surface area (TPSA) is 124 Å². The Balaban J connectivity index is 2.20. The van der Waals surface area contributed by atoms with E-state index in [-0.39, 0.29) is 18.7 Å². The first-order valence-corrected chi connectivity index (χ1v) is 8.87. The fraction of sp³-hybridized carbons (Fsp3) is 0.286. The van der Waals surface area contributed by atoms with Gasteiger partial charge in [0.05, 0.1) is 12.0 Å². The number of carboxylic acid groups (broad SMARTS) is 2. The van der Waals surface area contributed by atoms with Gasteiger partial charge in [0.1, 0.15) is 5.82 Å². The van der Waals surface area contributed by atoms with Crippen LogP contribution in [-0.4, -0.2) is 45.8 Å². The first kappa shape index (κ1) is 22.0. The van der Waals surface area contributed by atoms with Crippen LogP contribution in [0.1, 0.15) is 18.9 Å². The Labute approximate surface area is 166 Å². The Morgan fingerprint density at radius 2 is 1.52 bits per heavy atom. The number of aliphatic carboxylic acids is 2. The summed E-state index contributed by atoms with van der Waals surface area (Å²) in [7, 11) is 0. The van der Waals surface area contributed by atoms with E-state index in [1.807, 2.05) is 0 Å². The number of aliphatic hydroxyl groups excluding tert-OH is 1. The number of carbonyl (C=O) groups is 3. The molecule has 0 aliphatic heterocycles. The predicted molar refractivity (Wildman–Crippen MR) is 103 cm³/mol. The van der Waals surface area contributed by atoms with E-state index in [1.165, 1.54) is 19.1 Å². The second kappa shape index (κ2) is 9.29. The molecule has 2 atom stereocenters. The summed E-state index contributed by atoms with van der Waals surface area (Å²) in [6, 6.07) is 12.3. The summed E-state index contributed by atoms with van der Waals surface area (Å²) >= 11 is 0. The van der Waals surface area contributed by atoms with Crippen molar-refractivity contribution in [3.63, 3.8) is 0 Å². The first-order valence-electron chi connectivity index (χ1n) is 8.87. The maximum absolute atomic E-state index is 13.1. The molecule has 154 valence electrons. The van der Waals surface area contributed by atoms with E-state index in [2.05, 4.69) is 5.32 Å². The van der Waals surface area contributed by atoms with Crippen LogP contribution in [0.15, 0.2) is 48.5 Å². The summed E-state index contributed by atoms with van der Waals surface area (Å²) < 4.78 is 13.1. The SMILES string of the molecule is C[C@](CO)(C[C@@H](Cc1ccc(-c2ccc(F)cc2)cc1)NC(=O)C(=O)O)C(=O)O. The summed E-state index contributed by atoms with van der Waals surface area (Å²) in [5.41, 5.74) is 0.847. The molecule has 1 amide bonds. The first-order chi connectivity index (χ1) is 13.6. The van der Waals surface area contributed by atoms with Crippen molar-refractivity contribution in [3.05, 3.63) is 59.9 Å². The lowest BCUT2D eigenvalue weighted by Gasteiger charge is -2.28. The molecule has 0 aliphatic carbocycles. The fourth-order valence-electron chi connectivity index (χ4n) is 2.94. The number of carboxylic acids is 2. The van der Waals surface area contributed by atoms with Crippen molar-refractivity contribution in [2.45, 2.75) is 25.8 Å². The van der Waals surface area contributed by atoms with Crippen molar-refractivity contribution in [2.75, 3.05) is 6.61 Å². The Morgan fingerprint density at radius 1 is 1.00 bits per heavy atom. The molecule has 0 fully saturated rings. The average molecular weight is 403 g/mol. The standard InChI is InChI=1S/C21H22FNO6/c1-21(12-24,20(28)29)11-17(23-18(25)19(26)27)10-13-2-4-14(5-3-13)15-6-8-16(22)9-7-15/h2-9,17,24H,10-12H2,1H3,(H,23,25)(H,26,27)(H,28,29)/t17-,21-/m1/s1. The van der Waals surface area contributed by atoms with Crippen molar-refractivity contribution in [3.8, 4) is 11.1 Å². The number of halogens is 1. The van der Waals surface area contributed by atoms with Crippen molar-refractivity contribution in [1.82, 2.24) is 5.32 Å². The predicted octanol–water partition coefficient (Wildman–Crippen LogP) is 2.08. The van der Waals surface area contributed by atoms with Crippen LogP contribution < -0.4 is 5.32 Å². The van der Waals surface area contributed by atoms with Crippen LogP contribution in [0.5, 0.6) is 0 Å². The average Bonchev–Trinajstić information content (AvgIpc) is 2.68. The van der Waals surface area contributed by atoms with E-state index in [4.69, 9.17) is 5.11 Å². The lowest BCUT2D eigenvalue weighted by Crippen LogP contribution is -2.46. The molecular formula is C21H22FNO6. The Hall–Kier alpha value is -3.26. The molecule has 0 aromatic heterocycles. The highest BCUT2D eigenvalue weighted by molar-refractivity contribution is 6.31. The number of carbonyl (C=O) groups excluding carboxylic acids is 1. The van der Waals surface area contributed by atoms with Gasteiger partial charge >= 0.3 is 17.8 Å². The molecule has 4 N–H and O–H groups in total. The molecule has 0 aliphatic rings. The van der Waals surface area contributed by atoms with Crippen LogP contribution in [0.25, 0.3) is 11.1 Å². The minimum Gasteiger partial charge on any atom is -0.481 e. The van der Waals surface area contributed by atoms with Crippen LogP contribution >= 0.6 is 0 Å². The van der Waals surface area contributed by atoms with Gasteiger partial charge in [-0.25, -0.2) is 9.18 Å². The smallest absolute Gasteiger partial charge is 0.394 e. The van der Waals surface area contributed by atoms with E-state index in [0.29, 0.717) is 0 Å². The number of aliphatic hydroxyl groups is 1. The van der Waals surface area contributed by atoms with Crippen molar-refractivity contribution in [1.29, 1.82) is 0 Å². The number of hydrogen-bond acceptors (Lipinski definition) is 4. The van der Waals surface area contributed by atoms with E-state index in [0.717, 1.165) is 16.7 Å². The van der Waals surface area contributed by atoms with Gasteiger partial charge in [0, 0.05) is 6.04 Å². The molecule has 0 saturated heterocycles. The van der Waals surface area contributed by atoms with Gasteiger partial charge in [-0.3, -0.25) is 9.59 Å². The molecule has 2 aromatic carbocycles. The molecule has 2 aromatic rings. The molecule has 2 rings (SSSR count). The zero-order valence-electron chi connectivity index (χ0n) is 15.8. The zero-order valence-corrected chi connectivity index (χ0v) is 15.8. The lowest BCUT2D eigenvalue weighted by atomic mass is 9.82. The molecule has 0 unspecified atom stereocenters. The van der Waals surface area contributed by atoms with Crippen LogP contribution in [-0.2, 0) is 20.8 Å². The molecule has 7 nitrogen and oxygen atoms in total. The van der Waals surface area contributed by atoms with Crippen LogP contribution in [0.2, 0.25) is 0 Å². The zero-order chi connectivity index (χ0) is 21.6. The van der Waals surface area contributed by atoms with Crippen LogP contribution in [0.4, 0.5) is 4.39 Å². The third kappa shape index (κ3) is 5.86. The van der Waals surface area contributed by atoms with Crippen molar-refractivity contribution < 1.29 is 34.1 Å². The Bertz CT molecular complexity index is 881. The summed E-state index contributed by atoms with van der Waals surface area (Å²) in [5, 5.41) is 30.0. The molecule has 0 radical (unpaired) electrons. The molecule has 0 heterocycles. The number of amides is 1. The molecule has 0 saturated carbocycles. The largest absolute Gasteiger partial charge is 0.481 e. The molecular weight excluding hydrogens is 381 g/mol. The fourth-order valence-corrected chi connectivity index (χ4v) is 2.94. The summed E-state index contributed by atoms with van der Waals surface area (Å²) in [5.74, 6) is -4.51. The van der Waals surface area contributed by atoms with Crippen LogP contribution in [0.3, 0.4) is 0 Å².